The molecule has 150 valence electrons. The second-order valence-corrected chi connectivity index (χ2v) is 7.17. The number of rotatable bonds is 6. The van der Waals surface area contributed by atoms with Gasteiger partial charge in [-0.1, -0.05) is 30.3 Å². The minimum absolute atomic E-state index is 0.365. The summed E-state index contributed by atoms with van der Waals surface area (Å²) in [7, 11) is 0. The molecule has 1 N–H and O–H groups in total. The number of benzene rings is 2. The van der Waals surface area contributed by atoms with Crippen LogP contribution in [0, 0.1) is 12.7 Å². The van der Waals surface area contributed by atoms with Crippen LogP contribution in [0.2, 0.25) is 0 Å². The van der Waals surface area contributed by atoms with Crippen molar-refractivity contribution in [2.24, 2.45) is 0 Å². The lowest BCUT2D eigenvalue weighted by molar-refractivity contribution is -0.152. The third-order valence-electron chi connectivity index (χ3n) is 4.51. The zero-order valence-electron chi connectivity index (χ0n) is 16.5. The molecule has 0 aliphatic heterocycles. The first-order valence-corrected chi connectivity index (χ1v) is 9.12. The summed E-state index contributed by atoms with van der Waals surface area (Å²) in [6, 6.07) is 16.6. The number of aryl methyl sites for hydroxylation is 1. The van der Waals surface area contributed by atoms with Gasteiger partial charge in [0, 0.05) is 6.07 Å². The maximum absolute atomic E-state index is 13.2. The Kier molecular flexibility index (Phi) is 5.77. The van der Waals surface area contributed by atoms with Gasteiger partial charge < -0.3 is 10.1 Å². The molecule has 29 heavy (non-hydrogen) atoms. The van der Waals surface area contributed by atoms with Crippen molar-refractivity contribution in [2.45, 2.75) is 26.2 Å². The molecule has 0 bridgehead atoms. The molecule has 1 heterocycles. The van der Waals surface area contributed by atoms with Gasteiger partial charge >= 0.3 is 5.97 Å². The molecule has 0 radical (unpaired) electrons. The average Bonchev–Trinajstić information content (AvgIpc) is 3.07. The van der Waals surface area contributed by atoms with Crippen molar-refractivity contribution in [3.63, 3.8) is 0 Å². The van der Waals surface area contributed by atoms with Gasteiger partial charge in [0.05, 0.1) is 16.8 Å². The number of esters is 1. The molecule has 0 saturated heterocycles. The van der Waals surface area contributed by atoms with Crippen LogP contribution in [-0.2, 0) is 19.7 Å². The number of ether oxygens (including phenoxy) is 1. The predicted molar refractivity (Wildman–Crippen MR) is 107 cm³/mol. The summed E-state index contributed by atoms with van der Waals surface area (Å²) < 4.78 is 19.9. The van der Waals surface area contributed by atoms with Crippen molar-refractivity contribution in [3.8, 4) is 5.69 Å². The van der Waals surface area contributed by atoms with Gasteiger partial charge in [-0.25, -0.2) is 9.07 Å². The van der Waals surface area contributed by atoms with Gasteiger partial charge in [-0.2, -0.15) is 5.10 Å². The zero-order valence-corrected chi connectivity index (χ0v) is 16.5. The summed E-state index contributed by atoms with van der Waals surface area (Å²) in [5, 5.41) is 6.99. The number of anilines is 1. The Morgan fingerprint density at radius 3 is 2.41 bits per heavy atom. The molecular formula is C22H22FN3O3. The highest BCUT2D eigenvalue weighted by Crippen LogP contribution is 2.24. The fraction of sp³-hybridized carbons (Fsp3) is 0.227. The molecule has 3 aromatic rings. The molecule has 0 aliphatic rings. The lowest BCUT2D eigenvalue weighted by Crippen LogP contribution is -2.33. The molecule has 1 aromatic heterocycles. The summed E-state index contributed by atoms with van der Waals surface area (Å²) in [4.78, 5) is 24.8. The molecular weight excluding hydrogens is 373 g/mol. The number of aromatic nitrogens is 2. The summed E-state index contributed by atoms with van der Waals surface area (Å²) in [5.74, 6) is -0.957. The molecule has 0 spiro atoms. The molecule has 2 aromatic carbocycles. The van der Waals surface area contributed by atoms with Gasteiger partial charge in [-0.3, -0.25) is 9.59 Å². The zero-order chi connectivity index (χ0) is 21.0. The Balaban J connectivity index is 1.66. The van der Waals surface area contributed by atoms with E-state index in [0.29, 0.717) is 17.2 Å². The van der Waals surface area contributed by atoms with E-state index in [4.69, 9.17) is 4.74 Å². The van der Waals surface area contributed by atoms with E-state index in [-0.39, 0.29) is 5.82 Å². The molecule has 1 amide bonds. The van der Waals surface area contributed by atoms with Crippen LogP contribution >= 0.6 is 0 Å². The number of hydrogen-bond acceptors (Lipinski definition) is 4. The van der Waals surface area contributed by atoms with Crippen LogP contribution in [0.1, 0.15) is 25.1 Å². The van der Waals surface area contributed by atoms with Crippen LogP contribution in [0.3, 0.4) is 0 Å². The molecule has 6 nitrogen and oxygen atoms in total. The first-order valence-electron chi connectivity index (χ1n) is 9.12. The van der Waals surface area contributed by atoms with Crippen molar-refractivity contribution in [3.05, 3.63) is 77.7 Å². The SMILES string of the molecule is Cc1cc(NC(=O)COC(=O)C(C)(C)c2ccccc2)n(-c2ccc(F)cc2)n1. The minimum atomic E-state index is -0.881. The number of amides is 1. The van der Waals surface area contributed by atoms with Crippen LogP contribution < -0.4 is 5.32 Å². The van der Waals surface area contributed by atoms with Gasteiger partial charge in [-0.05, 0) is 50.6 Å². The van der Waals surface area contributed by atoms with Gasteiger partial charge in [0.15, 0.2) is 6.61 Å². The fourth-order valence-electron chi connectivity index (χ4n) is 2.83. The van der Waals surface area contributed by atoms with Gasteiger partial charge in [0.25, 0.3) is 5.91 Å². The quantitative estimate of drug-likeness (QED) is 0.645. The highest BCUT2D eigenvalue weighted by Gasteiger charge is 2.31. The molecule has 0 atom stereocenters. The van der Waals surface area contributed by atoms with E-state index in [1.54, 1.807) is 39.0 Å². The Hall–Kier alpha value is -3.48. The van der Waals surface area contributed by atoms with Crippen molar-refractivity contribution in [2.75, 3.05) is 11.9 Å². The lowest BCUT2D eigenvalue weighted by atomic mass is 9.85. The highest BCUT2D eigenvalue weighted by atomic mass is 19.1. The Morgan fingerprint density at radius 2 is 1.76 bits per heavy atom. The largest absolute Gasteiger partial charge is 0.455 e. The number of nitrogens with zero attached hydrogens (tertiary/aromatic N) is 2. The maximum Gasteiger partial charge on any atom is 0.316 e. The van der Waals surface area contributed by atoms with Crippen molar-refractivity contribution >= 4 is 17.7 Å². The van der Waals surface area contributed by atoms with E-state index in [1.807, 2.05) is 30.3 Å². The summed E-state index contributed by atoms with van der Waals surface area (Å²) in [5.41, 5.74) is 1.19. The molecule has 0 unspecified atom stereocenters. The molecule has 0 aliphatic carbocycles. The Labute approximate surface area is 168 Å². The number of carbonyl (C=O) groups excluding carboxylic acids is 2. The summed E-state index contributed by atoms with van der Waals surface area (Å²) >= 11 is 0. The molecule has 0 saturated carbocycles. The van der Waals surface area contributed by atoms with Crippen molar-refractivity contribution in [1.82, 2.24) is 9.78 Å². The minimum Gasteiger partial charge on any atom is -0.455 e. The van der Waals surface area contributed by atoms with Crippen LogP contribution in [0.15, 0.2) is 60.7 Å². The van der Waals surface area contributed by atoms with Gasteiger partial charge in [0.1, 0.15) is 11.6 Å². The van der Waals surface area contributed by atoms with Crippen LogP contribution in [0.4, 0.5) is 10.2 Å². The number of carbonyl (C=O) groups is 2. The summed E-state index contributed by atoms with van der Waals surface area (Å²) in [6.45, 7) is 4.84. The van der Waals surface area contributed by atoms with Crippen molar-refractivity contribution < 1.29 is 18.7 Å². The van der Waals surface area contributed by atoms with Crippen LogP contribution in [0.5, 0.6) is 0 Å². The van der Waals surface area contributed by atoms with E-state index in [1.165, 1.54) is 16.8 Å². The van der Waals surface area contributed by atoms with Gasteiger partial charge in [-0.15, -0.1) is 0 Å². The number of nitrogens with one attached hydrogen (secondary N) is 1. The van der Waals surface area contributed by atoms with Crippen molar-refractivity contribution in [1.29, 1.82) is 0 Å². The van der Waals surface area contributed by atoms with E-state index < -0.39 is 23.9 Å². The van der Waals surface area contributed by atoms with E-state index in [9.17, 15) is 14.0 Å². The van der Waals surface area contributed by atoms with E-state index in [2.05, 4.69) is 10.4 Å². The highest BCUT2D eigenvalue weighted by molar-refractivity contribution is 5.93. The molecule has 3 rings (SSSR count). The first kappa shape index (κ1) is 20.3. The Morgan fingerprint density at radius 1 is 1.10 bits per heavy atom. The van der Waals surface area contributed by atoms with Crippen LogP contribution in [-0.4, -0.2) is 28.3 Å². The summed E-state index contributed by atoms with van der Waals surface area (Å²) in [6.07, 6.45) is 0. The third kappa shape index (κ3) is 4.68. The second-order valence-electron chi connectivity index (χ2n) is 7.17. The Bertz CT molecular complexity index is 1010. The number of hydrogen-bond donors (Lipinski definition) is 1. The number of halogens is 1. The monoisotopic (exact) mass is 395 g/mol. The van der Waals surface area contributed by atoms with Gasteiger partial charge in [0.2, 0.25) is 0 Å². The van der Waals surface area contributed by atoms with E-state index >= 15 is 0 Å². The van der Waals surface area contributed by atoms with E-state index in [0.717, 1.165) is 5.56 Å². The predicted octanol–water partition coefficient (Wildman–Crippen LogP) is 3.78. The van der Waals surface area contributed by atoms with Crippen LogP contribution in [0.25, 0.3) is 5.69 Å². The third-order valence-corrected chi connectivity index (χ3v) is 4.51. The standard InChI is InChI=1S/C22H22FN3O3/c1-15-13-19(26(25-15)18-11-9-17(23)10-12-18)24-20(27)14-29-21(28)22(2,3)16-7-5-4-6-8-16/h4-13H,14H2,1-3H3,(H,24,27). The average molecular weight is 395 g/mol. The fourth-order valence-corrected chi connectivity index (χ4v) is 2.83. The topological polar surface area (TPSA) is 73.2 Å². The lowest BCUT2D eigenvalue weighted by Gasteiger charge is -2.22. The smallest absolute Gasteiger partial charge is 0.316 e. The first-order chi connectivity index (χ1) is 13.8. The normalized spacial score (nSPS) is 11.2. The maximum atomic E-state index is 13.2. The molecule has 0 fully saturated rings. The second kappa shape index (κ2) is 8.26. The molecule has 7 heteroatoms.